The van der Waals surface area contributed by atoms with Crippen molar-refractivity contribution in [2.45, 2.75) is 38.4 Å². The number of benzene rings is 1. The zero-order valence-electron chi connectivity index (χ0n) is 14.0. The first kappa shape index (κ1) is 16.5. The molecule has 3 rings (SSSR count). The number of hydrogen-bond donors (Lipinski definition) is 2. The van der Waals surface area contributed by atoms with Crippen molar-refractivity contribution in [3.05, 3.63) is 36.4 Å². The molecule has 6 heteroatoms. The molecular weight excluding hydrogens is 304 g/mol. The predicted molar refractivity (Wildman–Crippen MR) is 94.9 cm³/mol. The van der Waals surface area contributed by atoms with Gasteiger partial charge in [0, 0.05) is 31.8 Å². The van der Waals surface area contributed by atoms with Gasteiger partial charge in [-0.15, -0.1) is 0 Å². The molecule has 2 N–H and O–H groups in total. The molecule has 2 heterocycles. The number of phenolic OH excluding ortho intramolecular Hbond substituents is 1. The monoisotopic (exact) mass is 328 g/mol. The molecule has 1 amide bonds. The van der Waals surface area contributed by atoms with E-state index in [0.717, 1.165) is 37.9 Å². The molecule has 128 valence electrons. The lowest BCUT2D eigenvalue weighted by atomic mass is 10.0. The molecule has 2 aliphatic rings. The highest BCUT2D eigenvalue weighted by atomic mass is 16.3. The van der Waals surface area contributed by atoms with E-state index in [0.29, 0.717) is 5.69 Å². The van der Waals surface area contributed by atoms with Crippen molar-refractivity contribution in [3.63, 3.8) is 0 Å². The van der Waals surface area contributed by atoms with E-state index in [1.807, 2.05) is 12.3 Å². The summed E-state index contributed by atoms with van der Waals surface area (Å²) < 4.78 is 0. The van der Waals surface area contributed by atoms with Crippen LogP contribution in [0.2, 0.25) is 0 Å². The van der Waals surface area contributed by atoms with E-state index in [1.54, 1.807) is 12.1 Å². The van der Waals surface area contributed by atoms with Crippen LogP contribution < -0.4 is 5.32 Å². The Balaban J connectivity index is 1.77. The molecule has 1 aromatic rings. The summed E-state index contributed by atoms with van der Waals surface area (Å²) in [4.78, 5) is 13.8. The molecule has 0 radical (unpaired) electrons. The standard InChI is InChI=1S/C18H24N4O2/c1-3-18(24)20-15-8-7-14(12-17(15)23)16-6-4-10-21(16)13(2)22-11-5-9-19-22/h3,7-9,12-13,16,23H,1,4-6,10-11H2,2H3,(H,20,24)/t13-,16-/m0/s1. The molecule has 24 heavy (non-hydrogen) atoms. The van der Waals surface area contributed by atoms with Crippen LogP contribution in [0.3, 0.4) is 0 Å². The Hall–Kier alpha value is -2.34. The minimum absolute atomic E-state index is 0.0846. The quantitative estimate of drug-likeness (QED) is 0.644. The second kappa shape index (κ2) is 7.05. The number of phenols is 1. The van der Waals surface area contributed by atoms with Crippen LogP contribution in [-0.2, 0) is 4.79 Å². The second-order valence-corrected chi connectivity index (χ2v) is 6.25. The van der Waals surface area contributed by atoms with Crippen LogP contribution in [0, 0.1) is 0 Å². The van der Waals surface area contributed by atoms with Gasteiger partial charge in [-0.3, -0.25) is 14.7 Å². The van der Waals surface area contributed by atoms with Crippen molar-refractivity contribution < 1.29 is 9.90 Å². The molecular formula is C18H24N4O2. The highest BCUT2D eigenvalue weighted by Crippen LogP contribution is 2.37. The highest BCUT2D eigenvalue weighted by molar-refractivity contribution is 5.99. The lowest BCUT2D eigenvalue weighted by molar-refractivity contribution is -0.111. The van der Waals surface area contributed by atoms with Gasteiger partial charge in [0.05, 0.1) is 11.9 Å². The largest absolute Gasteiger partial charge is 0.506 e. The van der Waals surface area contributed by atoms with Crippen molar-refractivity contribution in [1.82, 2.24) is 9.91 Å². The molecule has 0 aliphatic carbocycles. The number of aromatic hydroxyl groups is 1. The molecule has 0 unspecified atom stereocenters. The molecule has 0 bridgehead atoms. The molecule has 2 aliphatic heterocycles. The Morgan fingerprint density at radius 3 is 3.00 bits per heavy atom. The Bertz CT molecular complexity index is 658. The van der Waals surface area contributed by atoms with Crippen molar-refractivity contribution in [1.29, 1.82) is 0 Å². The smallest absolute Gasteiger partial charge is 0.247 e. The minimum Gasteiger partial charge on any atom is -0.506 e. The van der Waals surface area contributed by atoms with Crippen LogP contribution in [-0.4, -0.2) is 46.4 Å². The van der Waals surface area contributed by atoms with Crippen molar-refractivity contribution in [2.24, 2.45) is 5.10 Å². The average molecular weight is 328 g/mol. The van der Waals surface area contributed by atoms with Gasteiger partial charge in [-0.05, 0) is 43.5 Å². The summed E-state index contributed by atoms with van der Waals surface area (Å²) in [5.41, 5.74) is 1.47. The molecule has 1 aromatic carbocycles. The van der Waals surface area contributed by atoms with Gasteiger partial charge >= 0.3 is 0 Å². The van der Waals surface area contributed by atoms with E-state index in [-0.39, 0.29) is 23.9 Å². The maximum absolute atomic E-state index is 11.4. The van der Waals surface area contributed by atoms with Gasteiger partial charge in [0.15, 0.2) is 0 Å². The number of nitrogens with zero attached hydrogens (tertiary/aromatic N) is 3. The van der Waals surface area contributed by atoms with Crippen LogP contribution in [0.4, 0.5) is 5.69 Å². The molecule has 6 nitrogen and oxygen atoms in total. The van der Waals surface area contributed by atoms with Crippen molar-refractivity contribution in [3.8, 4) is 5.75 Å². The molecule has 1 fully saturated rings. The minimum atomic E-state index is -0.332. The van der Waals surface area contributed by atoms with E-state index in [2.05, 4.69) is 33.8 Å². The Morgan fingerprint density at radius 1 is 1.50 bits per heavy atom. The number of hydrazone groups is 1. The lowest BCUT2D eigenvalue weighted by Crippen LogP contribution is -2.42. The van der Waals surface area contributed by atoms with Gasteiger partial charge in [0.1, 0.15) is 5.75 Å². The van der Waals surface area contributed by atoms with Crippen molar-refractivity contribution >= 4 is 17.8 Å². The van der Waals surface area contributed by atoms with Crippen LogP contribution in [0.25, 0.3) is 0 Å². The fourth-order valence-electron chi connectivity index (χ4n) is 3.50. The van der Waals surface area contributed by atoms with E-state index in [9.17, 15) is 9.90 Å². The Kier molecular flexibility index (Phi) is 4.85. The number of anilines is 1. The summed E-state index contributed by atoms with van der Waals surface area (Å²) in [6, 6.07) is 5.73. The van der Waals surface area contributed by atoms with Crippen LogP contribution in [0.5, 0.6) is 5.75 Å². The summed E-state index contributed by atoms with van der Waals surface area (Å²) >= 11 is 0. The summed E-state index contributed by atoms with van der Waals surface area (Å²) in [6.07, 6.45) is 6.57. The van der Waals surface area contributed by atoms with E-state index in [1.165, 1.54) is 6.08 Å². The van der Waals surface area contributed by atoms with Gasteiger partial charge in [-0.2, -0.15) is 5.10 Å². The fraction of sp³-hybridized carbons (Fsp3) is 0.444. The summed E-state index contributed by atoms with van der Waals surface area (Å²) in [5.74, 6) is -0.248. The zero-order valence-corrected chi connectivity index (χ0v) is 14.0. The molecule has 0 saturated carbocycles. The number of hydrogen-bond acceptors (Lipinski definition) is 5. The SMILES string of the molecule is C=CC(=O)Nc1ccc([C@@H]2CCCN2[C@H](C)N2CCC=N2)cc1O. The summed E-state index contributed by atoms with van der Waals surface area (Å²) in [7, 11) is 0. The number of carbonyl (C=O) groups excluding carboxylic acids is 1. The number of likely N-dealkylation sites (tertiary alicyclic amines) is 1. The summed E-state index contributed by atoms with van der Waals surface area (Å²) in [5, 5.41) is 19.4. The number of amides is 1. The van der Waals surface area contributed by atoms with E-state index < -0.39 is 0 Å². The van der Waals surface area contributed by atoms with Crippen molar-refractivity contribution in [2.75, 3.05) is 18.4 Å². The van der Waals surface area contributed by atoms with Crippen LogP contribution >= 0.6 is 0 Å². The molecule has 2 atom stereocenters. The fourth-order valence-corrected chi connectivity index (χ4v) is 3.50. The maximum Gasteiger partial charge on any atom is 0.247 e. The third-order valence-corrected chi connectivity index (χ3v) is 4.77. The average Bonchev–Trinajstić information content (AvgIpc) is 3.27. The van der Waals surface area contributed by atoms with Gasteiger partial charge in [-0.1, -0.05) is 12.6 Å². The topological polar surface area (TPSA) is 68.2 Å². The normalized spacial score (nSPS) is 21.9. The Morgan fingerprint density at radius 2 is 2.33 bits per heavy atom. The van der Waals surface area contributed by atoms with Gasteiger partial charge in [0.2, 0.25) is 5.91 Å². The first-order chi connectivity index (χ1) is 11.6. The number of rotatable bonds is 5. The zero-order chi connectivity index (χ0) is 17.1. The first-order valence-electron chi connectivity index (χ1n) is 8.41. The third kappa shape index (κ3) is 3.28. The van der Waals surface area contributed by atoms with E-state index in [4.69, 9.17) is 0 Å². The van der Waals surface area contributed by atoms with E-state index >= 15 is 0 Å². The second-order valence-electron chi connectivity index (χ2n) is 6.25. The highest BCUT2D eigenvalue weighted by Gasteiger charge is 2.33. The molecule has 0 spiro atoms. The molecule has 1 saturated heterocycles. The maximum atomic E-state index is 11.4. The third-order valence-electron chi connectivity index (χ3n) is 4.77. The van der Waals surface area contributed by atoms with Gasteiger partial charge < -0.3 is 10.4 Å². The molecule has 0 aromatic heterocycles. The number of nitrogens with one attached hydrogen (secondary N) is 1. The first-order valence-corrected chi connectivity index (χ1v) is 8.41. The lowest BCUT2D eigenvalue weighted by Gasteiger charge is -2.35. The Labute approximate surface area is 142 Å². The van der Waals surface area contributed by atoms with Crippen LogP contribution in [0.1, 0.15) is 37.8 Å². The van der Waals surface area contributed by atoms with Crippen LogP contribution in [0.15, 0.2) is 36.0 Å². The number of carbonyl (C=O) groups is 1. The van der Waals surface area contributed by atoms with Gasteiger partial charge in [0.25, 0.3) is 0 Å². The van der Waals surface area contributed by atoms with Gasteiger partial charge in [-0.25, -0.2) is 0 Å². The summed E-state index contributed by atoms with van der Waals surface area (Å²) in [6.45, 7) is 7.58. The predicted octanol–water partition coefficient (Wildman–Crippen LogP) is 2.69.